The second-order valence-electron chi connectivity index (χ2n) is 7.17. The van der Waals surface area contributed by atoms with Gasteiger partial charge < -0.3 is 30.0 Å². The van der Waals surface area contributed by atoms with E-state index in [9.17, 15) is 19.5 Å². The van der Waals surface area contributed by atoms with Crippen molar-refractivity contribution in [1.82, 2.24) is 10.6 Å². The zero-order valence-electron chi connectivity index (χ0n) is 17.5. The first-order chi connectivity index (χ1) is 14.8. The van der Waals surface area contributed by atoms with Gasteiger partial charge in [0.1, 0.15) is 5.76 Å². The maximum atomic E-state index is 12.4. The van der Waals surface area contributed by atoms with Crippen molar-refractivity contribution in [2.45, 2.75) is 44.4 Å². The van der Waals surface area contributed by atoms with Crippen LogP contribution < -0.4 is 10.6 Å². The van der Waals surface area contributed by atoms with Gasteiger partial charge in [0.15, 0.2) is 0 Å². The molecule has 2 amide bonds. The summed E-state index contributed by atoms with van der Waals surface area (Å²) in [6.45, 7) is 1.30. The van der Waals surface area contributed by atoms with Crippen LogP contribution >= 0.6 is 0 Å². The van der Waals surface area contributed by atoms with Gasteiger partial charge in [0.25, 0.3) is 5.91 Å². The van der Waals surface area contributed by atoms with Crippen molar-refractivity contribution in [3.63, 3.8) is 0 Å². The number of furan rings is 1. The van der Waals surface area contributed by atoms with Crippen LogP contribution in [0.1, 0.15) is 36.5 Å². The summed E-state index contributed by atoms with van der Waals surface area (Å²) in [6.07, 6.45) is 0.141. The predicted molar refractivity (Wildman–Crippen MR) is 112 cm³/mol. The van der Waals surface area contributed by atoms with E-state index >= 15 is 0 Å². The minimum Gasteiger partial charge on any atom is -0.481 e. The van der Waals surface area contributed by atoms with Gasteiger partial charge in [0, 0.05) is 44.5 Å². The predicted octanol–water partition coefficient (Wildman–Crippen LogP) is 1.81. The summed E-state index contributed by atoms with van der Waals surface area (Å²) in [4.78, 5) is 34.7. The molecule has 31 heavy (non-hydrogen) atoms. The highest BCUT2D eigenvalue weighted by Gasteiger charge is 2.26. The standard InChI is InChI=1S/C22H28N2O7/c1-14(25)24-18(9-10-21(27)28)20(30-2)12-17(26)13-23-22(29)16-7-5-15(6-8-16)19-4-3-11-31-19/h3-8,11,17-18,20,26H,9-10,12-13H2,1-2H3,(H,23,29)(H,24,25)(H,27,28)/t17?,18?,20-/m0/s1. The highest BCUT2D eigenvalue weighted by molar-refractivity contribution is 5.94. The Kier molecular flexibility index (Phi) is 9.23. The van der Waals surface area contributed by atoms with Crippen LogP contribution in [-0.2, 0) is 14.3 Å². The van der Waals surface area contributed by atoms with E-state index in [-0.39, 0.29) is 37.6 Å². The number of carbonyl (C=O) groups is 3. The number of aliphatic hydroxyl groups is 1. The Morgan fingerprint density at radius 2 is 1.87 bits per heavy atom. The van der Waals surface area contributed by atoms with Gasteiger partial charge in [-0.1, -0.05) is 12.1 Å². The Morgan fingerprint density at radius 3 is 2.42 bits per heavy atom. The molecule has 0 bridgehead atoms. The average Bonchev–Trinajstić information content (AvgIpc) is 3.28. The first-order valence-electron chi connectivity index (χ1n) is 9.92. The molecule has 0 aliphatic rings. The smallest absolute Gasteiger partial charge is 0.303 e. The third-order valence-electron chi connectivity index (χ3n) is 4.76. The average molecular weight is 432 g/mol. The fourth-order valence-corrected chi connectivity index (χ4v) is 3.21. The van der Waals surface area contributed by atoms with Gasteiger partial charge >= 0.3 is 5.97 Å². The SMILES string of the molecule is CO[C@@H](CC(O)CNC(=O)c1ccc(-c2ccco2)cc1)C(CCC(=O)O)NC(C)=O. The van der Waals surface area contributed by atoms with Crippen molar-refractivity contribution in [2.24, 2.45) is 0 Å². The van der Waals surface area contributed by atoms with Crippen molar-refractivity contribution in [3.05, 3.63) is 48.2 Å². The molecule has 1 aromatic carbocycles. The molecule has 2 rings (SSSR count). The van der Waals surface area contributed by atoms with E-state index in [4.69, 9.17) is 14.3 Å². The number of methoxy groups -OCH3 is 1. The monoisotopic (exact) mass is 432 g/mol. The van der Waals surface area contributed by atoms with E-state index in [0.717, 1.165) is 5.56 Å². The Balaban J connectivity index is 1.89. The number of aliphatic carboxylic acids is 1. The molecule has 0 aliphatic carbocycles. The molecule has 9 nitrogen and oxygen atoms in total. The van der Waals surface area contributed by atoms with Gasteiger partial charge in [-0.15, -0.1) is 0 Å². The van der Waals surface area contributed by atoms with E-state index in [1.165, 1.54) is 14.0 Å². The molecule has 9 heteroatoms. The highest BCUT2D eigenvalue weighted by atomic mass is 16.5. The van der Waals surface area contributed by atoms with Crippen LogP contribution in [0.4, 0.5) is 0 Å². The molecule has 4 N–H and O–H groups in total. The number of hydrogen-bond acceptors (Lipinski definition) is 6. The minimum absolute atomic E-state index is 0.0235. The molecule has 0 saturated heterocycles. The Hall–Kier alpha value is -3.17. The quantitative estimate of drug-likeness (QED) is 0.401. The molecule has 2 aromatic rings. The Bertz CT molecular complexity index is 849. The first kappa shape index (κ1) is 24.1. The molecule has 168 valence electrons. The molecular weight excluding hydrogens is 404 g/mol. The van der Waals surface area contributed by atoms with Crippen molar-refractivity contribution >= 4 is 17.8 Å². The first-order valence-corrected chi connectivity index (χ1v) is 9.92. The molecular formula is C22H28N2O7. The van der Waals surface area contributed by atoms with Crippen LogP contribution in [0.2, 0.25) is 0 Å². The van der Waals surface area contributed by atoms with Crippen molar-refractivity contribution in [1.29, 1.82) is 0 Å². The maximum Gasteiger partial charge on any atom is 0.303 e. The van der Waals surface area contributed by atoms with Gasteiger partial charge in [0.2, 0.25) is 5.91 Å². The molecule has 1 heterocycles. The van der Waals surface area contributed by atoms with Crippen LogP contribution in [0.15, 0.2) is 47.1 Å². The van der Waals surface area contributed by atoms with E-state index in [1.807, 2.05) is 6.07 Å². The molecule has 1 aromatic heterocycles. The molecule has 0 spiro atoms. The normalized spacial score (nSPS) is 13.8. The summed E-state index contributed by atoms with van der Waals surface area (Å²) < 4.78 is 10.7. The van der Waals surface area contributed by atoms with Gasteiger partial charge in [-0.3, -0.25) is 14.4 Å². The van der Waals surface area contributed by atoms with Crippen molar-refractivity contribution in [3.8, 4) is 11.3 Å². The van der Waals surface area contributed by atoms with E-state index in [2.05, 4.69) is 10.6 Å². The molecule has 0 saturated carbocycles. The molecule has 0 radical (unpaired) electrons. The lowest BCUT2D eigenvalue weighted by atomic mass is 9.99. The van der Waals surface area contributed by atoms with Crippen molar-refractivity contribution in [2.75, 3.05) is 13.7 Å². The lowest BCUT2D eigenvalue weighted by Gasteiger charge is -2.28. The van der Waals surface area contributed by atoms with Gasteiger partial charge in [0.05, 0.1) is 24.5 Å². The number of benzene rings is 1. The van der Waals surface area contributed by atoms with E-state index in [0.29, 0.717) is 11.3 Å². The number of aliphatic hydroxyl groups excluding tert-OH is 1. The fraction of sp³-hybridized carbons (Fsp3) is 0.409. The summed E-state index contributed by atoms with van der Waals surface area (Å²) in [5.41, 5.74) is 1.28. The topological polar surface area (TPSA) is 138 Å². The van der Waals surface area contributed by atoms with Crippen molar-refractivity contribution < 1.29 is 33.8 Å². The second-order valence-corrected chi connectivity index (χ2v) is 7.17. The summed E-state index contributed by atoms with van der Waals surface area (Å²) in [5.74, 6) is -0.956. The summed E-state index contributed by atoms with van der Waals surface area (Å²) in [6, 6.07) is 9.90. The number of carboxylic acid groups (broad SMARTS) is 1. The van der Waals surface area contributed by atoms with Crippen LogP contribution in [0, 0.1) is 0 Å². The Labute approximate surface area is 180 Å². The van der Waals surface area contributed by atoms with E-state index in [1.54, 1.807) is 36.6 Å². The third kappa shape index (κ3) is 7.88. The largest absolute Gasteiger partial charge is 0.481 e. The number of carboxylic acids is 1. The number of rotatable bonds is 12. The summed E-state index contributed by atoms with van der Waals surface area (Å²) in [7, 11) is 1.42. The Morgan fingerprint density at radius 1 is 1.16 bits per heavy atom. The number of ether oxygens (including phenoxy) is 1. The fourth-order valence-electron chi connectivity index (χ4n) is 3.21. The zero-order chi connectivity index (χ0) is 22.8. The van der Waals surface area contributed by atoms with Crippen LogP contribution in [0.5, 0.6) is 0 Å². The summed E-state index contributed by atoms with van der Waals surface area (Å²) in [5, 5.41) is 24.6. The second kappa shape index (κ2) is 11.9. The molecule has 3 atom stereocenters. The molecule has 2 unspecified atom stereocenters. The van der Waals surface area contributed by atoms with E-state index < -0.39 is 24.2 Å². The van der Waals surface area contributed by atoms with Crippen LogP contribution in [0.3, 0.4) is 0 Å². The number of nitrogens with one attached hydrogen (secondary N) is 2. The van der Waals surface area contributed by atoms with Gasteiger partial charge in [-0.05, 0) is 30.7 Å². The lowest BCUT2D eigenvalue weighted by molar-refractivity contribution is -0.137. The number of hydrogen-bond donors (Lipinski definition) is 4. The summed E-state index contributed by atoms with van der Waals surface area (Å²) >= 11 is 0. The number of amides is 2. The third-order valence-corrected chi connectivity index (χ3v) is 4.76. The number of carbonyl (C=O) groups excluding carboxylic acids is 2. The maximum absolute atomic E-state index is 12.4. The molecule has 0 aliphatic heterocycles. The van der Waals surface area contributed by atoms with Gasteiger partial charge in [-0.25, -0.2) is 0 Å². The van der Waals surface area contributed by atoms with Crippen LogP contribution in [0.25, 0.3) is 11.3 Å². The lowest BCUT2D eigenvalue weighted by Crippen LogP contribution is -2.46. The zero-order valence-corrected chi connectivity index (χ0v) is 17.5. The molecule has 0 fully saturated rings. The van der Waals surface area contributed by atoms with Gasteiger partial charge in [-0.2, -0.15) is 0 Å². The van der Waals surface area contributed by atoms with Crippen LogP contribution in [-0.4, -0.2) is 59.9 Å². The minimum atomic E-state index is -0.990. The highest BCUT2D eigenvalue weighted by Crippen LogP contribution is 2.20.